The molecule has 1 saturated carbocycles. The fourth-order valence-corrected chi connectivity index (χ4v) is 3.29. The second-order valence-corrected chi connectivity index (χ2v) is 6.65. The van der Waals surface area contributed by atoms with Crippen molar-refractivity contribution in [2.45, 2.75) is 24.8 Å². The third-order valence-corrected chi connectivity index (χ3v) is 5.00. The second kappa shape index (κ2) is 6.48. The minimum atomic E-state index is -0.108. The topological polar surface area (TPSA) is 36.4 Å². The fraction of sp³-hybridized carbons (Fsp3) is 0.353. The lowest BCUT2D eigenvalue weighted by atomic mass is 9.95. The van der Waals surface area contributed by atoms with Gasteiger partial charge >= 0.3 is 0 Å². The monoisotopic (exact) mass is 317 g/mol. The number of halogens is 1. The minimum absolute atomic E-state index is 0.0775. The first kappa shape index (κ1) is 15.0. The third kappa shape index (κ3) is 3.30. The first-order valence-corrected chi connectivity index (χ1v) is 8.33. The molecule has 1 fully saturated rings. The van der Waals surface area contributed by atoms with Crippen LogP contribution in [0, 0.1) is 5.82 Å². The molecular formula is C17H20FN3S. The Morgan fingerprint density at radius 1 is 1.23 bits per heavy atom. The van der Waals surface area contributed by atoms with E-state index in [-0.39, 0.29) is 11.2 Å². The molecule has 1 aliphatic rings. The molecule has 0 unspecified atom stereocenters. The Kier molecular flexibility index (Phi) is 4.43. The van der Waals surface area contributed by atoms with Gasteiger partial charge < -0.3 is 10.6 Å². The zero-order valence-electron chi connectivity index (χ0n) is 12.6. The van der Waals surface area contributed by atoms with Gasteiger partial charge in [-0.15, -0.1) is 11.3 Å². The molecule has 0 atom stereocenters. The molecule has 2 aromatic rings. The van der Waals surface area contributed by atoms with E-state index in [0.717, 1.165) is 30.9 Å². The van der Waals surface area contributed by atoms with E-state index in [1.807, 2.05) is 18.2 Å². The maximum absolute atomic E-state index is 14.0. The quantitative estimate of drug-likeness (QED) is 0.656. The van der Waals surface area contributed by atoms with Gasteiger partial charge in [-0.25, -0.2) is 4.39 Å². The molecule has 0 amide bonds. The normalized spacial score (nSPS) is 16.4. The highest BCUT2D eigenvalue weighted by Gasteiger charge is 2.45. The van der Waals surface area contributed by atoms with Crippen molar-refractivity contribution in [3.63, 3.8) is 0 Å². The zero-order valence-corrected chi connectivity index (χ0v) is 13.4. The number of nitrogens with zero attached hydrogens (tertiary/aromatic N) is 1. The first-order valence-electron chi connectivity index (χ1n) is 7.45. The Balaban J connectivity index is 1.58. The van der Waals surface area contributed by atoms with E-state index in [0.29, 0.717) is 6.54 Å². The Labute approximate surface area is 134 Å². The van der Waals surface area contributed by atoms with Gasteiger partial charge in [0.05, 0.1) is 6.54 Å². The Morgan fingerprint density at radius 3 is 2.68 bits per heavy atom. The lowest BCUT2D eigenvalue weighted by molar-refractivity contribution is 0.560. The van der Waals surface area contributed by atoms with Crippen molar-refractivity contribution in [3.8, 4) is 0 Å². The van der Waals surface area contributed by atoms with Crippen molar-refractivity contribution < 1.29 is 4.39 Å². The van der Waals surface area contributed by atoms with E-state index in [4.69, 9.17) is 0 Å². The van der Waals surface area contributed by atoms with Crippen molar-refractivity contribution in [1.82, 2.24) is 10.6 Å². The number of benzene rings is 1. The maximum atomic E-state index is 14.0. The highest BCUT2D eigenvalue weighted by atomic mass is 32.1. The molecule has 0 bridgehead atoms. The van der Waals surface area contributed by atoms with Gasteiger partial charge in [-0.05, 0) is 35.9 Å². The van der Waals surface area contributed by atoms with Crippen LogP contribution in [0.5, 0.6) is 0 Å². The number of aliphatic imine (C=N–C) groups is 1. The molecule has 1 heterocycles. The molecule has 1 aromatic heterocycles. The summed E-state index contributed by atoms with van der Waals surface area (Å²) in [5.41, 5.74) is 0.738. The summed E-state index contributed by atoms with van der Waals surface area (Å²) in [5, 5.41) is 8.69. The molecule has 0 aliphatic heterocycles. The van der Waals surface area contributed by atoms with Gasteiger partial charge in [0.25, 0.3) is 0 Å². The van der Waals surface area contributed by atoms with Crippen LogP contribution in [0.25, 0.3) is 0 Å². The van der Waals surface area contributed by atoms with Crippen molar-refractivity contribution >= 4 is 17.3 Å². The summed E-state index contributed by atoms with van der Waals surface area (Å²) >= 11 is 1.72. The molecule has 1 aliphatic carbocycles. The SMILES string of the molecule is CN=C(NCc1cccs1)NCC1(c2ccccc2F)CC1. The lowest BCUT2D eigenvalue weighted by Gasteiger charge is -2.19. The molecule has 116 valence electrons. The highest BCUT2D eigenvalue weighted by molar-refractivity contribution is 7.09. The largest absolute Gasteiger partial charge is 0.356 e. The van der Waals surface area contributed by atoms with Crippen molar-refractivity contribution in [2.75, 3.05) is 13.6 Å². The molecule has 0 saturated heterocycles. The number of guanidine groups is 1. The van der Waals surface area contributed by atoms with Gasteiger partial charge in [0, 0.05) is 23.9 Å². The number of thiophene rings is 1. The summed E-state index contributed by atoms with van der Waals surface area (Å²) in [6, 6.07) is 11.2. The van der Waals surface area contributed by atoms with Gasteiger partial charge in [0.2, 0.25) is 0 Å². The highest BCUT2D eigenvalue weighted by Crippen LogP contribution is 2.48. The van der Waals surface area contributed by atoms with E-state index >= 15 is 0 Å². The van der Waals surface area contributed by atoms with E-state index in [1.54, 1.807) is 30.5 Å². The Morgan fingerprint density at radius 2 is 2.05 bits per heavy atom. The molecule has 0 spiro atoms. The molecule has 22 heavy (non-hydrogen) atoms. The van der Waals surface area contributed by atoms with Crippen LogP contribution in [0.15, 0.2) is 46.8 Å². The third-order valence-electron chi connectivity index (χ3n) is 4.13. The van der Waals surface area contributed by atoms with Crippen LogP contribution in [0.3, 0.4) is 0 Å². The Hall–Kier alpha value is -1.88. The summed E-state index contributed by atoms with van der Waals surface area (Å²) in [6.45, 7) is 1.46. The standard InChI is InChI=1S/C17H20FN3S/c1-19-16(20-11-13-5-4-10-22-13)21-12-17(8-9-17)14-6-2-3-7-15(14)18/h2-7,10H,8-9,11-12H2,1H3,(H2,19,20,21). The number of nitrogens with one attached hydrogen (secondary N) is 2. The summed E-state index contributed by atoms with van der Waals surface area (Å²) in [7, 11) is 1.76. The second-order valence-electron chi connectivity index (χ2n) is 5.62. The maximum Gasteiger partial charge on any atom is 0.191 e. The molecule has 3 nitrogen and oxygen atoms in total. The van der Waals surface area contributed by atoms with Gasteiger partial charge in [0.1, 0.15) is 5.82 Å². The average molecular weight is 317 g/mol. The summed E-state index contributed by atoms with van der Waals surface area (Å²) in [5.74, 6) is 0.652. The summed E-state index contributed by atoms with van der Waals surface area (Å²) in [6.07, 6.45) is 2.03. The van der Waals surface area contributed by atoms with Crippen LogP contribution < -0.4 is 10.6 Å². The van der Waals surface area contributed by atoms with Crippen LogP contribution in [0.4, 0.5) is 4.39 Å². The van der Waals surface area contributed by atoms with Gasteiger partial charge in [-0.1, -0.05) is 24.3 Å². The van der Waals surface area contributed by atoms with Crippen molar-refractivity contribution in [2.24, 2.45) is 4.99 Å². The molecular weight excluding hydrogens is 297 g/mol. The average Bonchev–Trinajstić information content (AvgIpc) is 3.13. The van der Waals surface area contributed by atoms with Crippen LogP contribution in [-0.2, 0) is 12.0 Å². The van der Waals surface area contributed by atoms with Crippen LogP contribution in [0.1, 0.15) is 23.3 Å². The Bertz CT molecular complexity index is 648. The fourth-order valence-electron chi connectivity index (χ4n) is 2.64. The summed E-state index contributed by atoms with van der Waals surface area (Å²) in [4.78, 5) is 5.50. The smallest absolute Gasteiger partial charge is 0.191 e. The molecule has 0 radical (unpaired) electrons. The number of hydrogen-bond acceptors (Lipinski definition) is 2. The predicted molar refractivity (Wildman–Crippen MR) is 89.8 cm³/mol. The van der Waals surface area contributed by atoms with Crippen molar-refractivity contribution in [1.29, 1.82) is 0 Å². The van der Waals surface area contributed by atoms with Gasteiger partial charge in [-0.2, -0.15) is 0 Å². The van der Waals surface area contributed by atoms with Crippen LogP contribution in [0.2, 0.25) is 0 Å². The number of rotatable bonds is 5. The zero-order chi connectivity index (χ0) is 15.4. The number of hydrogen-bond donors (Lipinski definition) is 2. The van der Waals surface area contributed by atoms with E-state index in [9.17, 15) is 4.39 Å². The van der Waals surface area contributed by atoms with Crippen LogP contribution >= 0.6 is 11.3 Å². The van der Waals surface area contributed by atoms with E-state index in [2.05, 4.69) is 27.1 Å². The van der Waals surface area contributed by atoms with E-state index in [1.165, 1.54) is 4.88 Å². The van der Waals surface area contributed by atoms with Gasteiger partial charge in [-0.3, -0.25) is 4.99 Å². The van der Waals surface area contributed by atoms with Crippen LogP contribution in [-0.4, -0.2) is 19.6 Å². The van der Waals surface area contributed by atoms with E-state index < -0.39 is 0 Å². The molecule has 5 heteroatoms. The first-order chi connectivity index (χ1) is 10.7. The lowest BCUT2D eigenvalue weighted by Crippen LogP contribution is -2.41. The molecule has 2 N–H and O–H groups in total. The minimum Gasteiger partial charge on any atom is -0.356 e. The summed E-state index contributed by atoms with van der Waals surface area (Å²) < 4.78 is 14.0. The van der Waals surface area contributed by atoms with Gasteiger partial charge in [0.15, 0.2) is 5.96 Å². The van der Waals surface area contributed by atoms with Crippen molar-refractivity contribution in [3.05, 3.63) is 58.0 Å². The predicted octanol–water partition coefficient (Wildman–Crippen LogP) is 3.28. The molecule has 1 aromatic carbocycles. The molecule has 3 rings (SSSR count).